The van der Waals surface area contributed by atoms with Crippen LogP contribution in [0.3, 0.4) is 0 Å². The second kappa shape index (κ2) is 4.62. The molecule has 0 spiro atoms. The minimum atomic E-state index is -5.81. The molecule has 12 heavy (non-hydrogen) atoms. The van der Waals surface area contributed by atoms with Gasteiger partial charge in [0.15, 0.2) is 0 Å². The van der Waals surface area contributed by atoms with Crippen molar-refractivity contribution in [3.63, 3.8) is 0 Å². The molecule has 0 atom stereocenters. The van der Waals surface area contributed by atoms with Gasteiger partial charge in [-0.15, -0.1) is 0 Å². The Bertz CT molecular complexity index is 269. The average molecular weight is 230 g/mol. The lowest BCUT2D eigenvalue weighted by molar-refractivity contribution is 0.171. The largest absolute Gasteiger partial charge is 0.435 e. The normalized spacial score (nSPS) is 12.2. The van der Waals surface area contributed by atoms with Crippen LogP contribution in [0.1, 0.15) is 6.92 Å². The fourth-order valence-electron chi connectivity index (χ4n) is 0. The highest BCUT2D eigenvalue weighted by Crippen LogP contribution is 1.98. The Morgan fingerprint density at radius 3 is 1.25 bits per heavy atom. The lowest BCUT2D eigenvalue weighted by Gasteiger charge is -1.81. The maximum atomic E-state index is 11.0. The van der Waals surface area contributed by atoms with Gasteiger partial charge in [0.25, 0.3) is 0 Å². The Kier molecular flexibility index (Phi) is 5.46. The highest BCUT2D eigenvalue weighted by Gasteiger charge is 2.25. The first-order valence-corrected chi connectivity index (χ1v) is 5.52. The van der Waals surface area contributed by atoms with Gasteiger partial charge in [0.05, 0.1) is 0 Å². The van der Waals surface area contributed by atoms with Crippen molar-refractivity contribution in [2.24, 2.45) is 0 Å². The number of rotatable bonds is 1. The summed E-state index contributed by atoms with van der Waals surface area (Å²) in [7, 11) is -11.3. The van der Waals surface area contributed by atoms with Crippen LogP contribution in [0.15, 0.2) is 0 Å². The highest BCUT2D eigenvalue weighted by molar-refractivity contribution is 8.62. The Morgan fingerprint density at radius 2 is 1.25 bits per heavy atom. The van der Waals surface area contributed by atoms with Crippen molar-refractivity contribution in [2.45, 2.75) is 13.3 Å². The van der Waals surface area contributed by atoms with Crippen molar-refractivity contribution in [1.29, 1.82) is 0 Å². The molecule has 0 unspecified atom stereocenters. The summed E-state index contributed by atoms with van der Waals surface area (Å²) in [6.45, 7) is 0.833. The molecule has 0 fully saturated rings. The van der Waals surface area contributed by atoms with E-state index in [2.05, 4.69) is 0 Å². The van der Waals surface area contributed by atoms with E-state index >= 15 is 0 Å². The predicted octanol–water partition coefficient (Wildman–Crippen LogP) is 0.360. The van der Waals surface area contributed by atoms with Crippen LogP contribution in [0, 0.1) is 0 Å². The maximum absolute atomic E-state index is 11.0. The molecular weight excluding hydrogens is 225 g/mol. The van der Waals surface area contributed by atoms with E-state index in [9.17, 15) is 21.1 Å². The summed E-state index contributed by atoms with van der Waals surface area (Å²) in [5, 5.41) is 0. The van der Waals surface area contributed by atoms with Crippen LogP contribution in [0.25, 0.3) is 0 Å². The fraction of sp³-hybridized carbons (Fsp3) is 1.00. The first-order chi connectivity index (χ1) is 4.98. The van der Waals surface area contributed by atoms with Crippen LogP contribution >= 0.6 is 0 Å². The van der Waals surface area contributed by atoms with Crippen molar-refractivity contribution in [2.75, 3.05) is 0 Å². The zero-order chi connectivity index (χ0) is 10.6. The third kappa shape index (κ3) is 9.65. The topological polar surface area (TPSA) is 88.5 Å². The van der Waals surface area contributed by atoms with Crippen LogP contribution in [-0.2, 0) is 18.4 Å². The van der Waals surface area contributed by atoms with Crippen molar-refractivity contribution >= 4 is 18.4 Å². The molecule has 0 aromatic rings. The fourth-order valence-corrected chi connectivity index (χ4v) is 0. The second-order valence-electron chi connectivity index (χ2n) is 1.34. The number of hydrogen-bond donors (Lipinski definition) is 1. The van der Waals surface area contributed by atoms with E-state index in [1.807, 2.05) is 0 Å². The van der Waals surface area contributed by atoms with E-state index in [4.69, 9.17) is 13.0 Å². The molecular formula is C2H5F3O5S2. The number of halogens is 3. The van der Waals surface area contributed by atoms with Gasteiger partial charge in [-0.2, -0.15) is 16.8 Å². The second-order valence-corrected chi connectivity index (χ2v) is 5.44. The van der Waals surface area contributed by atoms with Crippen molar-refractivity contribution < 1.29 is 34.1 Å². The summed E-state index contributed by atoms with van der Waals surface area (Å²) >= 11 is 0. The van der Waals surface area contributed by atoms with E-state index in [0.717, 1.165) is 6.92 Å². The molecule has 0 bridgehead atoms. The average Bonchev–Trinajstić information content (AvgIpc) is 1.55. The summed E-state index contributed by atoms with van der Waals surface area (Å²) in [5.74, 6) is 0. The number of hydrogen-bond acceptors (Lipinski definition) is 4. The third-order valence-electron chi connectivity index (χ3n) is 0.252. The summed E-state index contributed by atoms with van der Waals surface area (Å²) in [6.07, 6.45) is -2.17. The molecule has 0 aromatic carbocycles. The molecule has 0 heterocycles. The smallest absolute Gasteiger partial charge is 0.272 e. The van der Waals surface area contributed by atoms with Crippen LogP contribution in [0.4, 0.5) is 12.7 Å². The monoisotopic (exact) mass is 230 g/mol. The molecule has 1 N–H and O–H groups in total. The van der Waals surface area contributed by atoms with Gasteiger partial charge < -0.3 is 0 Å². The predicted molar refractivity (Wildman–Crippen MR) is 33.3 cm³/mol. The van der Waals surface area contributed by atoms with Gasteiger partial charge >= 0.3 is 18.4 Å². The van der Waals surface area contributed by atoms with E-state index in [0.29, 0.717) is 0 Å². The molecule has 0 rings (SSSR count). The van der Waals surface area contributed by atoms with Gasteiger partial charge in [0, 0.05) is 0 Å². The molecule has 5 nitrogen and oxygen atoms in total. The Balaban J connectivity index is 0. The molecule has 0 saturated carbocycles. The van der Waals surface area contributed by atoms with Crippen LogP contribution in [0.2, 0.25) is 0 Å². The minimum Gasteiger partial charge on any atom is -0.272 e. The Hall–Kier alpha value is -0.350. The van der Waals surface area contributed by atoms with E-state index in [-0.39, 0.29) is 0 Å². The number of alkyl halides is 2. The first kappa shape index (κ1) is 14.2. The molecule has 0 radical (unpaired) electrons. The summed E-state index contributed by atoms with van der Waals surface area (Å²) in [6, 6.07) is 0. The Morgan fingerprint density at radius 1 is 1.17 bits per heavy atom. The SMILES string of the molecule is CC(F)F.O=S(=O)(O)S(=O)(=O)F. The standard InChI is InChI=1S/C2H4F2.FHO5S2/c1-2(3)4;1-7(2,3)8(4,5)6/h2H,1H3;(H,4,5,6). The van der Waals surface area contributed by atoms with Gasteiger partial charge in [-0.3, -0.25) is 4.55 Å². The zero-order valence-corrected chi connectivity index (χ0v) is 7.24. The lowest BCUT2D eigenvalue weighted by atomic mass is 10.9. The maximum Gasteiger partial charge on any atom is 0.435 e. The molecule has 10 heteroatoms. The lowest BCUT2D eigenvalue weighted by Crippen LogP contribution is -2.06. The van der Waals surface area contributed by atoms with Crippen LogP contribution in [0.5, 0.6) is 0 Å². The van der Waals surface area contributed by atoms with Crippen LogP contribution in [-0.4, -0.2) is 27.8 Å². The molecule has 76 valence electrons. The molecule has 0 amide bonds. The molecule has 0 aliphatic carbocycles. The van der Waals surface area contributed by atoms with Gasteiger partial charge in [0.2, 0.25) is 6.43 Å². The van der Waals surface area contributed by atoms with Gasteiger partial charge in [-0.25, -0.2) is 8.78 Å². The van der Waals surface area contributed by atoms with Gasteiger partial charge in [0.1, 0.15) is 0 Å². The van der Waals surface area contributed by atoms with Gasteiger partial charge in [-0.05, 0) is 6.92 Å². The summed E-state index contributed by atoms with van der Waals surface area (Å²) in [5.41, 5.74) is 0. The van der Waals surface area contributed by atoms with Gasteiger partial charge in [-0.1, -0.05) is 3.89 Å². The van der Waals surface area contributed by atoms with E-state index in [1.165, 1.54) is 0 Å². The van der Waals surface area contributed by atoms with Crippen molar-refractivity contribution in [3.8, 4) is 0 Å². The third-order valence-corrected chi connectivity index (χ3v) is 2.26. The molecule has 0 saturated heterocycles. The zero-order valence-electron chi connectivity index (χ0n) is 5.61. The van der Waals surface area contributed by atoms with Crippen molar-refractivity contribution in [1.82, 2.24) is 0 Å². The van der Waals surface area contributed by atoms with Crippen LogP contribution < -0.4 is 0 Å². The molecule has 0 aromatic heterocycles. The summed E-state index contributed by atoms with van der Waals surface area (Å²) in [4.78, 5) is 0. The van der Waals surface area contributed by atoms with E-state index < -0.39 is 24.8 Å². The highest BCUT2D eigenvalue weighted by atomic mass is 33.2. The quantitative estimate of drug-likeness (QED) is 0.399. The molecule has 0 aliphatic rings. The Labute approximate surface area is 66.6 Å². The molecule has 0 aliphatic heterocycles. The minimum absolute atomic E-state index is 0.833. The first-order valence-electron chi connectivity index (χ1n) is 2.18. The van der Waals surface area contributed by atoms with E-state index in [1.54, 1.807) is 0 Å². The van der Waals surface area contributed by atoms with Crippen molar-refractivity contribution in [3.05, 3.63) is 0 Å². The summed E-state index contributed by atoms with van der Waals surface area (Å²) < 4.78 is 75.8.